The molecule has 2 aromatic rings. The van der Waals surface area contributed by atoms with E-state index in [-0.39, 0.29) is 30.1 Å². The third-order valence-corrected chi connectivity index (χ3v) is 4.65. The third kappa shape index (κ3) is 5.19. The highest BCUT2D eigenvalue weighted by atomic mass is 16.2. The fourth-order valence-electron chi connectivity index (χ4n) is 2.84. The van der Waals surface area contributed by atoms with Crippen LogP contribution in [0.25, 0.3) is 0 Å². The van der Waals surface area contributed by atoms with E-state index in [9.17, 15) is 14.4 Å². The Balaban J connectivity index is 1.59. The number of hydrogen-bond acceptors (Lipinski definition) is 3. The summed E-state index contributed by atoms with van der Waals surface area (Å²) in [6, 6.07) is 12.5. The summed E-state index contributed by atoms with van der Waals surface area (Å²) in [5, 5.41) is 8.51. The molecule has 0 aliphatic heterocycles. The molecule has 1 aliphatic rings. The molecule has 0 radical (unpaired) electrons. The smallest absolute Gasteiger partial charge is 0.251 e. The van der Waals surface area contributed by atoms with E-state index >= 15 is 0 Å². The fourth-order valence-corrected chi connectivity index (χ4v) is 2.84. The van der Waals surface area contributed by atoms with Crippen molar-refractivity contribution in [2.45, 2.75) is 33.1 Å². The van der Waals surface area contributed by atoms with Gasteiger partial charge in [0.05, 0.1) is 6.42 Å². The maximum atomic E-state index is 12.4. The van der Waals surface area contributed by atoms with E-state index < -0.39 is 0 Å². The summed E-state index contributed by atoms with van der Waals surface area (Å²) in [5.74, 6) is -0.107. The molecule has 6 heteroatoms. The molecule has 6 nitrogen and oxygen atoms in total. The Morgan fingerprint density at radius 3 is 2.36 bits per heavy atom. The first kappa shape index (κ1) is 19.6. The van der Waals surface area contributed by atoms with Gasteiger partial charge in [-0.1, -0.05) is 18.2 Å². The molecule has 0 saturated heterocycles. The molecule has 0 atom stereocenters. The summed E-state index contributed by atoms with van der Waals surface area (Å²) in [6.45, 7) is 4.29. The lowest BCUT2D eigenvalue weighted by Crippen LogP contribution is -2.23. The Morgan fingerprint density at radius 2 is 1.71 bits per heavy atom. The lowest BCUT2D eigenvalue weighted by atomic mass is 10.1. The summed E-state index contributed by atoms with van der Waals surface area (Å²) in [5.41, 5.74) is 3.62. The molecule has 1 aliphatic carbocycles. The Bertz CT molecular complexity index is 886. The lowest BCUT2D eigenvalue weighted by Gasteiger charge is -2.11. The second-order valence-corrected chi connectivity index (χ2v) is 7.07. The summed E-state index contributed by atoms with van der Waals surface area (Å²) < 4.78 is 0. The normalized spacial score (nSPS) is 12.9. The SMILES string of the molecule is CCNC(=O)c1ccc(C)c(NC(=O)Cc2ccc(NC(=O)C3CC3)cc2)c1. The van der Waals surface area contributed by atoms with Crippen LogP contribution in [0.5, 0.6) is 0 Å². The van der Waals surface area contributed by atoms with Crippen molar-refractivity contribution in [3.63, 3.8) is 0 Å². The van der Waals surface area contributed by atoms with Crippen LogP contribution < -0.4 is 16.0 Å². The summed E-state index contributed by atoms with van der Waals surface area (Å²) in [6.07, 6.45) is 2.14. The molecule has 0 aromatic heterocycles. The minimum Gasteiger partial charge on any atom is -0.352 e. The number of aryl methyl sites for hydroxylation is 1. The standard InChI is InChI=1S/C22H25N3O3/c1-3-23-21(27)17-7-4-14(2)19(13-17)25-20(26)12-15-5-10-18(11-6-15)24-22(28)16-8-9-16/h4-7,10-11,13,16H,3,8-9,12H2,1-2H3,(H,23,27)(H,24,28)(H,25,26). The predicted molar refractivity (Wildman–Crippen MR) is 109 cm³/mol. The van der Waals surface area contributed by atoms with Gasteiger partial charge >= 0.3 is 0 Å². The Morgan fingerprint density at radius 1 is 1.00 bits per heavy atom. The predicted octanol–water partition coefficient (Wildman–Crippen LogP) is 3.27. The van der Waals surface area contributed by atoms with Crippen LogP contribution >= 0.6 is 0 Å². The molecule has 28 heavy (non-hydrogen) atoms. The third-order valence-electron chi connectivity index (χ3n) is 4.65. The van der Waals surface area contributed by atoms with Crippen LogP contribution in [-0.2, 0) is 16.0 Å². The molecule has 3 N–H and O–H groups in total. The van der Waals surface area contributed by atoms with Gasteiger partial charge < -0.3 is 16.0 Å². The van der Waals surface area contributed by atoms with E-state index in [0.717, 1.165) is 29.7 Å². The molecule has 0 heterocycles. The van der Waals surface area contributed by atoms with E-state index in [4.69, 9.17) is 0 Å². The van der Waals surface area contributed by atoms with Gasteiger partial charge in [0.25, 0.3) is 5.91 Å². The Hall–Kier alpha value is -3.15. The number of anilines is 2. The van der Waals surface area contributed by atoms with Crippen molar-refractivity contribution in [3.05, 3.63) is 59.2 Å². The zero-order valence-electron chi connectivity index (χ0n) is 16.2. The van der Waals surface area contributed by atoms with E-state index in [1.54, 1.807) is 12.1 Å². The van der Waals surface area contributed by atoms with Gasteiger partial charge in [-0.3, -0.25) is 14.4 Å². The zero-order chi connectivity index (χ0) is 20.1. The average molecular weight is 379 g/mol. The number of nitrogens with one attached hydrogen (secondary N) is 3. The molecule has 0 unspecified atom stereocenters. The van der Waals surface area contributed by atoms with Crippen LogP contribution in [0.4, 0.5) is 11.4 Å². The van der Waals surface area contributed by atoms with Crippen molar-refractivity contribution < 1.29 is 14.4 Å². The van der Waals surface area contributed by atoms with Gasteiger partial charge in [-0.05, 0) is 62.1 Å². The Kier molecular flexibility index (Phi) is 6.09. The second kappa shape index (κ2) is 8.69. The van der Waals surface area contributed by atoms with Crippen molar-refractivity contribution in [1.29, 1.82) is 0 Å². The van der Waals surface area contributed by atoms with Gasteiger partial charge in [-0.25, -0.2) is 0 Å². The first-order valence-electron chi connectivity index (χ1n) is 9.54. The maximum absolute atomic E-state index is 12.4. The zero-order valence-corrected chi connectivity index (χ0v) is 16.2. The summed E-state index contributed by atoms with van der Waals surface area (Å²) >= 11 is 0. The van der Waals surface area contributed by atoms with Crippen molar-refractivity contribution in [2.24, 2.45) is 5.92 Å². The van der Waals surface area contributed by atoms with Crippen LogP contribution in [-0.4, -0.2) is 24.3 Å². The van der Waals surface area contributed by atoms with E-state index in [1.165, 1.54) is 0 Å². The molecule has 3 amide bonds. The minimum absolute atomic E-state index is 0.0629. The largest absolute Gasteiger partial charge is 0.352 e. The van der Waals surface area contributed by atoms with Crippen LogP contribution in [0.2, 0.25) is 0 Å². The molecule has 3 rings (SSSR count). The molecular weight excluding hydrogens is 354 g/mol. The van der Waals surface area contributed by atoms with Crippen LogP contribution in [0.3, 0.4) is 0 Å². The van der Waals surface area contributed by atoms with Crippen molar-refractivity contribution >= 4 is 29.1 Å². The lowest BCUT2D eigenvalue weighted by molar-refractivity contribution is -0.117. The van der Waals surface area contributed by atoms with Crippen LogP contribution in [0.15, 0.2) is 42.5 Å². The van der Waals surface area contributed by atoms with Gasteiger partial charge in [-0.15, -0.1) is 0 Å². The number of benzene rings is 2. The van der Waals surface area contributed by atoms with Gasteiger partial charge in [-0.2, -0.15) is 0 Å². The summed E-state index contributed by atoms with van der Waals surface area (Å²) in [7, 11) is 0. The van der Waals surface area contributed by atoms with Gasteiger partial charge in [0.15, 0.2) is 0 Å². The first-order valence-corrected chi connectivity index (χ1v) is 9.54. The highest BCUT2D eigenvalue weighted by Gasteiger charge is 2.29. The van der Waals surface area contributed by atoms with Crippen molar-refractivity contribution in [2.75, 3.05) is 17.2 Å². The molecule has 1 fully saturated rings. The number of carbonyl (C=O) groups excluding carboxylic acids is 3. The highest BCUT2D eigenvalue weighted by Crippen LogP contribution is 2.30. The fraction of sp³-hybridized carbons (Fsp3) is 0.318. The number of hydrogen-bond donors (Lipinski definition) is 3. The minimum atomic E-state index is -0.165. The number of amides is 3. The van der Waals surface area contributed by atoms with E-state index in [2.05, 4.69) is 16.0 Å². The van der Waals surface area contributed by atoms with Crippen molar-refractivity contribution in [3.8, 4) is 0 Å². The van der Waals surface area contributed by atoms with Crippen LogP contribution in [0.1, 0.15) is 41.3 Å². The molecule has 0 spiro atoms. The highest BCUT2D eigenvalue weighted by molar-refractivity contribution is 5.98. The second-order valence-electron chi connectivity index (χ2n) is 7.07. The molecule has 146 valence electrons. The number of carbonyl (C=O) groups is 3. The average Bonchev–Trinajstić information content (AvgIpc) is 3.50. The molecular formula is C22H25N3O3. The monoisotopic (exact) mass is 379 g/mol. The maximum Gasteiger partial charge on any atom is 0.251 e. The van der Waals surface area contributed by atoms with E-state index in [1.807, 2.05) is 44.2 Å². The van der Waals surface area contributed by atoms with Crippen molar-refractivity contribution in [1.82, 2.24) is 5.32 Å². The first-order chi connectivity index (χ1) is 13.5. The molecule has 0 bridgehead atoms. The van der Waals surface area contributed by atoms with Gasteiger partial charge in [0.2, 0.25) is 11.8 Å². The summed E-state index contributed by atoms with van der Waals surface area (Å²) in [4.78, 5) is 36.2. The quantitative estimate of drug-likeness (QED) is 0.690. The van der Waals surface area contributed by atoms with Gasteiger partial charge in [0, 0.05) is 29.4 Å². The number of rotatable bonds is 7. The Labute approximate surface area is 164 Å². The topological polar surface area (TPSA) is 87.3 Å². The molecule has 2 aromatic carbocycles. The van der Waals surface area contributed by atoms with Crippen LogP contribution in [0, 0.1) is 12.8 Å². The van der Waals surface area contributed by atoms with E-state index in [0.29, 0.717) is 17.8 Å². The van der Waals surface area contributed by atoms with Gasteiger partial charge in [0.1, 0.15) is 0 Å². The molecule has 1 saturated carbocycles.